The van der Waals surface area contributed by atoms with Crippen LogP contribution in [0.25, 0.3) is 0 Å². The Labute approximate surface area is 195 Å². The van der Waals surface area contributed by atoms with Gasteiger partial charge in [0.2, 0.25) is 0 Å². The summed E-state index contributed by atoms with van der Waals surface area (Å²) in [7, 11) is 2.67. The summed E-state index contributed by atoms with van der Waals surface area (Å²) >= 11 is 12.1. The number of aldehydes is 1. The Morgan fingerprint density at radius 1 is 0.964 bits per heavy atom. The van der Waals surface area contributed by atoms with E-state index in [9.17, 15) is 14.4 Å². The van der Waals surface area contributed by atoms with Gasteiger partial charge in [-0.25, -0.2) is 9.59 Å². The van der Waals surface area contributed by atoms with E-state index >= 15 is 0 Å². The first-order valence-corrected chi connectivity index (χ1v) is 11.8. The van der Waals surface area contributed by atoms with E-state index in [1.54, 1.807) is 12.1 Å². The topological polar surface area (TPSA) is 78.9 Å². The van der Waals surface area contributed by atoms with Gasteiger partial charge in [0.1, 0.15) is 9.75 Å². The van der Waals surface area contributed by atoms with Crippen LogP contribution < -0.4 is 0 Å². The highest BCUT2D eigenvalue weighted by Crippen LogP contribution is 2.32. The number of halogens is 3. The van der Waals surface area contributed by atoms with Crippen LogP contribution in [0, 0.1) is 0 Å². The SMILES string of the molecule is C1CCOC1.COC(=O)c1cc(Br)c(Br)s1.COC(=O)c1cc(Br)c(C=O)s1. The van der Waals surface area contributed by atoms with Gasteiger partial charge in [-0.1, -0.05) is 0 Å². The van der Waals surface area contributed by atoms with Gasteiger partial charge in [0.25, 0.3) is 0 Å². The number of ether oxygens (including phenoxy) is 3. The summed E-state index contributed by atoms with van der Waals surface area (Å²) in [4.78, 5) is 33.8. The monoisotopic (exact) mass is 618 g/mol. The first kappa shape index (κ1) is 25.4. The Morgan fingerprint density at radius 3 is 1.79 bits per heavy atom. The normalized spacial score (nSPS) is 12.2. The quantitative estimate of drug-likeness (QED) is 0.311. The van der Waals surface area contributed by atoms with Gasteiger partial charge in [-0.2, -0.15) is 0 Å². The molecule has 0 bridgehead atoms. The van der Waals surface area contributed by atoms with Gasteiger partial charge >= 0.3 is 11.9 Å². The molecule has 0 aromatic carbocycles. The van der Waals surface area contributed by atoms with E-state index in [4.69, 9.17) is 4.74 Å². The fourth-order valence-electron chi connectivity index (χ4n) is 1.72. The first-order chi connectivity index (χ1) is 13.3. The maximum Gasteiger partial charge on any atom is 0.348 e. The van der Waals surface area contributed by atoms with Crippen LogP contribution in [0.15, 0.2) is 24.9 Å². The van der Waals surface area contributed by atoms with Crippen molar-refractivity contribution in [2.75, 3.05) is 27.4 Å². The number of carbonyl (C=O) groups is 3. The van der Waals surface area contributed by atoms with Gasteiger partial charge in [0.15, 0.2) is 6.29 Å². The molecule has 3 heterocycles. The lowest BCUT2D eigenvalue weighted by Gasteiger charge is -1.90. The minimum absolute atomic E-state index is 0.304. The summed E-state index contributed by atoms with van der Waals surface area (Å²) in [5, 5.41) is 0. The van der Waals surface area contributed by atoms with Gasteiger partial charge in [0.05, 0.1) is 22.9 Å². The summed E-state index contributed by atoms with van der Waals surface area (Å²) in [5.74, 6) is -0.727. The fraction of sp³-hybridized carbons (Fsp3) is 0.353. The van der Waals surface area contributed by atoms with Crippen molar-refractivity contribution in [2.45, 2.75) is 12.8 Å². The van der Waals surface area contributed by atoms with Crippen LogP contribution in [0.4, 0.5) is 0 Å². The molecule has 0 atom stereocenters. The van der Waals surface area contributed by atoms with Crippen LogP contribution in [-0.2, 0) is 14.2 Å². The molecule has 0 amide bonds. The zero-order valence-corrected chi connectivity index (χ0v) is 21.4. The van der Waals surface area contributed by atoms with Crippen molar-refractivity contribution in [1.82, 2.24) is 0 Å². The fourth-order valence-corrected chi connectivity index (χ4v) is 5.18. The van der Waals surface area contributed by atoms with Crippen molar-refractivity contribution in [2.24, 2.45) is 0 Å². The molecule has 0 saturated carbocycles. The van der Waals surface area contributed by atoms with E-state index in [1.165, 1.54) is 38.4 Å². The van der Waals surface area contributed by atoms with Gasteiger partial charge in [-0.3, -0.25) is 4.79 Å². The molecule has 2 aromatic heterocycles. The Morgan fingerprint density at radius 2 is 1.46 bits per heavy atom. The lowest BCUT2D eigenvalue weighted by molar-refractivity contribution is 0.0597. The average Bonchev–Trinajstić information content (AvgIpc) is 3.44. The molecule has 6 nitrogen and oxygen atoms in total. The summed E-state index contributed by atoms with van der Waals surface area (Å²) in [6.07, 6.45) is 3.25. The van der Waals surface area contributed by atoms with Crippen LogP contribution >= 0.6 is 70.5 Å². The van der Waals surface area contributed by atoms with Crippen LogP contribution in [0.1, 0.15) is 41.9 Å². The Balaban J connectivity index is 0.000000226. The molecular formula is C17H17Br3O6S2. The molecule has 154 valence electrons. The molecule has 0 radical (unpaired) electrons. The van der Waals surface area contributed by atoms with Crippen LogP contribution in [0.5, 0.6) is 0 Å². The first-order valence-electron chi connectivity index (χ1n) is 7.77. The number of thiophene rings is 2. The molecule has 3 rings (SSSR count). The third-order valence-electron chi connectivity index (χ3n) is 3.07. The van der Waals surface area contributed by atoms with Gasteiger partial charge in [0, 0.05) is 22.2 Å². The van der Waals surface area contributed by atoms with Crippen molar-refractivity contribution in [3.8, 4) is 0 Å². The van der Waals surface area contributed by atoms with Gasteiger partial charge < -0.3 is 14.2 Å². The van der Waals surface area contributed by atoms with E-state index in [-0.39, 0.29) is 5.97 Å². The van der Waals surface area contributed by atoms with Crippen LogP contribution in [0.2, 0.25) is 0 Å². The third-order valence-corrected chi connectivity index (χ3v) is 8.26. The Bertz CT molecular complexity index is 772. The highest BCUT2D eigenvalue weighted by atomic mass is 79.9. The van der Waals surface area contributed by atoms with E-state index in [0.29, 0.717) is 25.4 Å². The van der Waals surface area contributed by atoms with Crippen molar-refractivity contribution < 1.29 is 28.6 Å². The van der Waals surface area contributed by atoms with Gasteiger partial charge in [-0.15, -0.1) is 22.7 Å². The number of hydrogen-bond donors (Lipinski definition) is 0. The summed E-state index contributed by atoms with van der Waals surface area (Å²) in [5.41, 5.74) is 0. The molecule has 2 aromatic rings. The second-order valence-electron chi connectivity index (χ2n) is 4.98. The molecule has 28 heavy (non-hydrogen) atoms. The highest BCUT2D eigenvalue weighted by molar-refractivity contribution is 9.13. The predicted molar refractivity (Wildman–Crippen MR) is 120 cm³/mol. The molecule has 0 N–H and O–H groups in total. The van der Waals surface area contributed by atoms with E-state index in [1.807, 2.05) is 0 Å². The molecule has 1 aliphatic heterocycles. The largest absolute Gasteiger partial charge is 0.465 e. The van der Waals surface area contributed by atoms with Crippen molar-refractivity contribution in [3.05, 3.63) is 39.5 Å². The zero-order valence-electron chi connectivity index (χ0n) is 15.0. The van der Waals surface area contributed by atoms with E-state index < -0.39 is 5.97 Å². The maximum absolute atomic E-state index is 10.9. The highest BCUT2D eigenvalue weighted by Gasteiger charge is 2.12. The van der Waals surface area contributed by atoms with Crippen LogP contribution in [0.3, 0.4) is 0 Å². The smallest absolute Gasteiger partial charge is 0.348 e. The number of esters is 2. The number of rotatable bonds is 3. The summed E-state index contributed by atoms with van der Waals surface area (Å²) in [6.45, 7) is 2.00. The minimum Gasteiger partial charge on any atom is -0.465 e. The van der Waals surface area contributed by atoms with Crippen molar-refractivity contribution >= 4 is 88.7 Å². The van der Waals surface area contributed by atoms with E-state index in [2.05, 4.69) is 57.3 Å². The summed E-state index contributed by atoms with van der Waals surface area (Å²) < 4.78 is 16.4. The van der Waals surface area contributed by atoms with Crippen LogP contribution in [-0.4, -0.2) is 45.7 Å². The molecule has 0 spiro atoms. The van der Waals surface area contributed by atoms with E-state index in [0.717, 1.165) is 32.8 Å². The summed E-state index contributed by atoms with van der Waals surface area (Å²) in [6, 6.07) is 3.29. The minimum atomic E-state index is -0.422. The molecule has 1 fully saturated rings. The van der Waals surface area contributed by atoms with Crippen molar-refractivity contribution in [1.29, 1.82) is 0 Å². The standard InChI is InChI=1S/C7H5BrO3S.C6H4Br2O2S.C4H8O/c1-11-7(10)5-2-4(8)6(3-9)12-5;1-10-6(9)4-2-3(7)5(8)11-4;1-2-4-5-3-1/h2-3H,1H3;2H,1H3;1-4H2. The lowest BCUT2D eigenvalue weighted by atomic mass is 10.4. The zero-order chi connectivity index (χ0) is 21.1. The molecule has 1 aliphatic rings. The van der Waals surface area contributed by atoms with Crippen molar-refractivity contribution in [3.63, 3.8) is 0 Å². The predicted octanol–water partition coefficient (Wildman–Crippen LogP) is 5.97. The molecule has 1 saturated heterocycles. The second-order valence-corrected chi connectivity index (χ2v) is 10.1. The molecule has 0 unspecified atom stereocenters. The Hall–Kier alpha value is -0.590. The Kier molecular flexibility index (Phi) is 12.4. The van der Waals surface area contributed by atoms with Gasteiger partial charge in [-0.05, 0) is 72.8 Å². The molecular weight excluding hydrogens is 604 g/mol. The molecule has 11 heteroatoms. The number of methoxy groups -OCH3 is 2. The number of carbonyl (C=O) groups excluding carboxylic acids is 3. The average molecular weight is 621 g/mol. The lowest BCUT2D eigenvalue weighted by Crippen LogP contribution is -1.96. The number of hydrogen-bond acceptors (Lipinski definition) is 8. The second kappa shape index (κ2) is 13.6. The third kappa shape index (κ3) is 8.42. The molecule has 0 aliphatic carbocycles. The maximum atomic E-state index is 10.9.